The summed E-state index contributed by atoms with van der Waals surface area (Å²) in [6.45, 7) is 1.67. The van der Waals surface area contributed by atoms with E-state index in [0.717, 1.165) is 32.3 Å². The Labute approximate surface area is 152 Å². The molecule has 1 atom stereocenters. The lowest BCUT2D eigenvalue weighted by Crippen LogP contribution is -2.29. The zero-order valence-electron chi connectivity index (χ0n) is 13.9. The van der Waals surface area contributed by atoms with Gasteiger partial charge in [0, 0.05) is 0 Å². The van der Waals surface area contributed by atoms with Crippen molar-refractivity contribution in [3.05, 3.63) is 24.3 Å². The number of carbonyl (C=O) groups excluding carboxylic acids is 1. The molecule has 7 heteroatoms. The van der Waals surface area contributed by atoms with E-state index in [1.807, 2.05) is 0 Å². The Kier molecular flexibility index (Phi) is 6.67. The largest absolute Gasteiger partial charge is 0.426 e. The van der Waals surface area contributed by atoms with E-state index >= 15 is 0 Å². The maximum atomic E-state index is 12.3. The second kappa shape index (κ2) is 9.17. The zero-order chi connectivity index (χ0) is 17.5. The number of aliphatic imine (C=N–C) groups is 1. The molecule has 0 bridgehead atoms. The minimum atomic E-state index is -0.188. The van der Waals surface area contributed by atoms with Gasteiger partial charge < -0.3 is 18.9 Å². The first kappa shape index (κ1) is 18.2. The monoisotopic (exact) mass is 363 g/mol. The maximum Gasteiger partial charge on any atom is 0.314 e. The highest BCUT2D eigenvalue weighted by Gasteiger charge is 2.28. The average Bonchev–Trinajstić information content (AvgIpc) is 3.45. The number of benzene rings is 1. The molecule has 1 saturated heterocycles. The first-order chi connectivity index (χ1) is 12.2. The van der Waals surface area contributed by atoms with Crippen LogP contribution < -0.4 is 4.74 Å². The van der Waals surface area contributed by atoms with Crippen LogP contribution in [0.3, 0.4) is 0 Å². The molecular weight excluding hydrogens is 342 g/mol. The number of rotatable bonds is 8. The molecule has 1 aromatic carbocycles. The van der Waals surface area contributed by atoms with Gasteiger partial charge in [0.2, 0.25) is 0 Å². The third-order valence-corrected chi connectivity index (χ3v) is 4.42. The molecule has 2 aliphatic rings. The van der Waals surface area contributed by atoms with Crippen LogP contribution in [0, 0.1) is 5.92 Å². The van der Waals surface area contributed by atoms with Crippen LogP contribution in [0.25, 0.3) is 0 Å². The third kappa shape index (κ3) is 5.99. The Bertz CT molecular complexity index is 617. The summed E-state index contributed by atoms with van der Waals surface area (Å²) in [5, 5.41) is 2.30. The molecule has 6 nitrogen and oxygen atoms in total. The zero-order valence-corrected chi connectivity index (χ0v) is 14.7. The van der Waals surface area contributed by atoms with Crippen molar-refractivity contribution in [2.24, 2.45) is 10.9 Å². The van der Waals surface area contributed by atoms with Crippen molar-refractivity contribution in [2.45, 2.75) is 37.9 Å². The molecule has 0 radical (unpaired) electrons. The van der Waals surface area contributed by atoms with E-state index in [1.165, 1.54) is 0 Å². The summed E-state index contributed by atoms with van der Waals surface area (Å²) in [4.78, 5) is 16.1. The maximum absolute atomic E-state index is 12.3. The quantitative estimate of drug-likeness (QED) is 0.134. The number of thiocarbonyl (C=S) groups is 1. The van der Waals surface area contributed by atoms with E-state index in [1.54, 1.807) is 24.3 Å². The number of epoxide rings is 1. The van der Waals surface area contributed by atoms with Crippen LogP contribution in [0.4, 0.5) is 5.69 Å². The second-order valence-corrected chi connectivity index (χ2v) is 6.38. The molecule has 3 rings (SSSR count). The fraction of sp³-hybridized carbons (Fsp3) is 0.556. The lowest BCUT2D eigenvalue weighted by Gasteiger charge is -2.27. The number of isothiocyanates is 1. The highest BCUT2D eigenvalue weighted by atomic mass is 32.1. The van der Waals surface area contributed by atoms with Crippen molar-refractivity contribution in [1.29, 1.82) is 0 Å². The van der Waals surface area contributed by atoms with Gasteiger partial charge in [-0.1, -0.05) is 0 Å². The number of carbonyl (C=O) groups is 1. The molecule has 0 N–H and O–H groups in total. The van der Waals surface area contributed by atoms with Gasteiger partial charge in [0.25, 0.3) is 0 Å². The molecule has 1 saturated carbocycles. The van der Waals surface area contributed by atoms with Crippen molar-refractivity contribution < 1.29 is 23.7 Å². The molecular formula is C18H21NO5S. The van der Waals surface area contributed by atoms with Crippen LogP contribution in [-0.2, 0) is 19.0 Å². The van der Waals surface area contributed by atoms with Gasteiger partial charge in [0.05, 0.1) is 36.1 Å². The fourth-order valence-electron chi connectivity index (χ4n) is 2.79. The number of ether oxygens (including phenoxy) is 4. The first-order valence-corrected chi connectivity index (χ1v) is 8.86. The molecule has 1 aliphatic carbocycles. The Morgan fingerprint density at radius 1 is 1.24 bits per heavy atom. The topological polar surface area (TPSA) is 69.7 Å². The van der Waals surface area contributed by atoms with Crippen LogP contribution in [0.15, 0.2) is 29.3 Å². The van der Waals surface area contributed by atoms with Crippen molar-refractivity contribution in [1.82, 2.24) is 0 Å². The molecule has 134 valence electrons. The second-order valence-electron chi connectivity index (χ2n) is 6.20. The van der Waals surface area contributed by atoms with E-state index in [-0.39, 0.29) is 30.9 Å². The third-order valence-electron chi connectivity index (χ3n) is 4.33. The van der Waals surface area contributed by atoms with Crippen molar-refractivity contribution in [3.63, 3.8) is 0 Å². The SMILES string of the molecule is O=C(Oc1ccc(N=C=S)cc1)C1CCC(OCOCC2CO2)CC1. The van der Waals surface area contributed by atoms with Gasteiger partial charge in [-0.3, -0.25) is 4.79 Å². The summed E-state index contributed by atoms with van der Waals surface area (Å²) in [6, 6.07) is 6.89. The van der Waals surface area contributed by atoms with E-state index in [2.05, 4.69) is 22.4 Å². The molecule has 0 spiro atoms. The predicted molar refractivity (Wildman–Crippen MR) is 94.2 cm³/mol. The molecule has 0 amide bonds. The number of hydrogen-bond acceptors (Lipinski definition) is 7. The Hall–Kier alpha value is -1.63. The molecule has 25 heavy (non-hydrogen) atoms. The summed E-state index contributed by atoms with van der Waals surface area (Å²) in [5.74, 6) is 0.244. The molecule has 1 heterocycles. The van der Waals surface area contributed by atoms with Crippen molar-refractivity contribution in [3.8, 4) is 5.75 Å². The Morgan fingerprint density at radius 3 is 2.60 bits per heavy atom. The van der Waals surface area contributed by atoms with Crippen molar-refractivity contribution in [2.75, 3.05) is 20.0 Å². The predicted octanol–water partition coefficient (Wildman–Crippen LogP) is 3.27. The first-order valence-electron chi connectivity index (χ1n) is 8.45. The van der Waals surface area contributed by atoms with Crippen LogP contribution in [0.2, 0.25) is 0 Å². The minimum Gasteiger partial charge on any atom is -0.426 e. The van der Waals surface area contributed by atoms with Crippen molar-refractivity contribution >= 4 is 29.0 Å². The standard InChI is InChI=1S/C18H21NO5S/c20-18(24-16-7-3-14(4-8-16)19-11-25)13-1-5-15(6-2-13)23-12-21-9-17-10-22-17/h3-4,7-8,13,15,17H,1-2,5-6,9-10,12H2. The van der Waals surface area contributed by atoms with E-state index in [9.17, 15) is 4.79 Å². The molecule has 0 aromatic heterocycles. The summed E-state index contributed by atoms with van der Waals surface area (Å²) >= 11 is 4.55. The summed E-state index contributed by atoms with van der Waals surface area (Å²) in [5.41, 5.74) is 0.683. The summed E-state index contributed by atoms with van der Waals surface area (Å²) in [6.07, 6.45) is 3.61. The smallest absolute Gasteiger partial charge is 0.314 e. The lowest BCUT2D eigenvalue weighted by molar-refractivity contribution is -0.143. The summed E-state index contributed by atoms with van der Waals surface area (Å²) < 4.78 is 21.6. The van der Waals surface area contributed by atoms with Gasteiger partial charge >= 0.3 is 5.97 Å². The fourth-order valence-corrected chi connectivity index (χ4v) is 2.90. The lowest BCUT2D eigenvalue weighted by atomic mass is 9.87. The van der Waals surface area contributed by atoms with Crippen LogP contribution >= 0.6 is 12.2 Å². The van der Waals surface area contributed by atoms with Gasteiger partial charge in [0.15, 0.2) is 0 Å². The van der Waals surface area contributed by atoms with E-state index in [4.69, 9.17) is 18.9 Å². The molecule has 2 fully saturated rings. The number of hydrogen-bond donors (Lipinski definition) is 0. The van der Waals surface area contributed by atoms with Crippen LogP contribution in [0.5, 0.6) is 5.75 Å². The number of esters is 1. The Balaban J connectivity index is 1.36. The van der Waals surface area contributed by atoms with Crippen LogP contribution in [-0.4, -0.2) is 43.3 Å². The average molecular weight is 363 g/mol. The van der Waals surface area contributed by atoms with Gasteiger partial charge in [-0.15, -0.1) is 0 Å². The molecule has 1 unspecified atom stereocenters. The van der Waals surface area contributed by atoms with E-state index in [0.29, 0.717) is 18.0 Å². The van der Waals surface area contributed by atoms with E-state index < -0.39 is 0 Å². The van der Waals surface area contributed by atoms with Gasteiger partial charge in [0.1, 0.15) is 18.6 Å². The minimum absolute atomic E-state index is 0.0840. The van der Waals surface area contributed by atoms with Gasteiger partial charge in [-0.25, -0.2) is 0 Å². The summed E-state index contributed by atoms with van der Waals surface area (Å²) in [7, 11) is 0. The molecule has 1 aliphatic heterocycles. The van der Waals surface area contributed by atoms with Gasteiger partial charge in [-0.2, -0.15) is 4.99 Å². The number of nitrogens with zero attached hydrogens (tertiary/aromatic N) is 1. The molecule has 1 aromatic rings. The van der Waals surface area contributed by atoms with Gasteiger partial charge in [-0.05, 0) is 62.2 Å². The highest BCUT2D eigenvalue weighted by Crippen LogP contribution is 2.28. The normalized spacial score (nSPS) is 25.0. The Morgan fingerprint density at radius 2 is 1.96 bits per heavy atom. The van der Waals surface area contributed by atoms with Crippen LogP contribution in [0.1, 0.15) is 25.7 Å². The highest BCUT2D eigenvalue weighted by molar-refractivity contribution is 7.78.